The third kappa shape index (κ3) is 2.16. The molecule has 0 saturated heterocycles. The van der Waals surface area contributed by atoms with Crippen molar-refractivity contribution in [2.24, 2.45) is 0 Å². The molecule has 0 aliphatic heterocycles. The van der Waals surface area contributed by atoms with Gasteiger partial charge in [0.25, 0.3) is 0 Å². The van der Waals surface area contributed by atoms with Crippen LogP contribution in [0.5, 0.6) is 0 Å². The summed E-state index contributed by atoms with van der Waals surface area (Å²) in [6, 6.07) is 4.92. The first kappa shape index (κ1) is 10.3. The summed E-state index contributed by atoms with van der Waals surface area (Å²) in [5.74, 6) is 0.962. The highest BCUT2D eigenvalue weighted by atomic mass is 15.2. The number of nitrogens with zero attached hydrogens (tertiary/aromatic N) is 3. The van der Waals surface area contributed by atoms with Gasteiger partial charge in [0, 0.05) is 30.8 Å². The number of hydrogen-bond donors (Lipinski definition) is 1. The molecule has 3 rings (SSSR count). The molecule has 1 N–H and O–H groups in total. The summed E-state index contributed by atoms with van der Waals surface area (Å²) in [5, 5.41) is 3.44. The summed E-state index contributed by atoms with van der Waals surface area (Å²) in [4.78, 5) is 8.51. The Labute approximate surface area is 101 Å². The normalized spacial score (nSPS) is 16.8. The van der Waals surface area contributed by atoms with Crippen LogP contribution in [-0.4, -0.2) is 14.5 Å². The van der Waals surface area contributed by atoms with E-state index in [4.69, 9.17) is 0 Å². The molecule has 0 radical (unpaired) electrons. The van der Waals surface area contributed by atoms with E-state index >= 15 is 0 Å². The SMILES string of the molecule is CC(Nc1nccn1C1CC1)c1cccnc1. The van der Waals surface area contributed by atoms with E-state index in [1.54, 1.807) is 6.20 Å². The molecule has 0 spiro atoms. The number of rotatable bonds is 4. The summed E-state index contributed by atoms with van der Waals surface area (Å²) in [5.41, 5.74) is 1.18. The predicted octanol–water partition coefficient (Wildman–Crippen LogP) is 2.79. The molecule has 0 aromatic carbocycles. The molecule has 4 nitrogen and oxygen atoms in total. The van der Waals surface area contributed by atoms with Gasteiger partial charge in [-0.25, -0.2) is 4.98 Å². The number of anilines is 1. The fraction of sp³-hybridized carbons (Fsp3) is 0.385. The van der Waals surface area contributed by atoms with E-state index in [2.05, 4.69) is 39.0 Å². The number of pyridine rings is 1. The zero-order chi connectivity index (χ0) is 11.7. The molecule has 2 heterocycles. The molecule has 2 aromatic heterocycles. The Kier molecular flexibility index (Phi) is 2.55. The molecule has 88 valence electrons. The quantitative estimate of drug-likeness (QED) is 0.875. The van der Waals surface area contributed by atoms with E-state index in [-0.39, 0.29) is 6.04 Å². The predicted molar refractivity (Wildman–Crippen MR) is 66.8 cm³/mol. The van der Waals surface area contributed by atoms with E-state index in [1.165, 1.54) is 18.4 Å². The molecule has 0 bridgehead atoms. The van der Waals surface area contributed by atoms with E-state index < -0.39 is 0 Å². The molecule has 1 saturated carbocycles. The summed E-state index contributed by atoms with van der Waals surface area (Å²) in [7, 11) is 0. The molecule has 1 fully saturated rings. The average molecular weight is 228 g/mol. The van der Waals surface area contributed by atoms with Crippen molar-refractivity contribution in [2.45, 2.75) is 31.8 Å². The molecule has 1 aliphatic rings. The van der Waals surface area contributed by atoms with Crippen LogP contribution < -0.4 is 5.32 Å². The van der Waals surface area contributed by atoms with Gasteiger partial charge in [-0.15, -0.1) is 0 Å². The Hall–Kier alpha value is -1.84. The second-order valence-corrected chi connectivity index (χ2v) is 4.54. The number of nitrogens with one attached hydrogen (secondary N) is 1. The molecule has 1 aliphatic carbocycles. The van der Waals surface area contributed by atoms with Crippen LogP contribution in [0.3, 0.4) is 0 Å². The smallest absolute Gasteiger partial charge is 0.203 e. The van der Waals surface area contributed by atoms with Crippen LogP contribution in [0.15, 0.2) is 36.9 Å². The molecular weight excluding hydrogens is 212 g/mol. The summed E-state index contributed by atoms with van der Waals surface area (Å²) >= 11 is 0. The zero-order valence-electron chi connectivity index (χ0n) is 9.87. The Morgan fingerprint density at radius 3 is 3.00 bits per heavy atom. The standard InChI is InChI=1S/C13H16N4/c1-10(11-3-2-6-14-9-11)16-13-15-7-8-17(13)12-4-5-12/h2-3,6-10,12H,4-5H2,1H3,(H,15,16). The first-order chi connectivity index (χ1) is 8.34. The van der Waals surface area contributed by atoms with Crippen molar-refractivity contribution in [3.05, 3.63) is 42.5 Å². The van der Waals surface area contributed by atoms with Gasteiger partial charge in [0.2, 0.25) is 5.95 Å². The van der Waals surface area contributed by atoms with Crippen molar-refractivity contribution in [1.82, 2.24) is 14.5 Å². The lowest BCUT2D eigenvalue weighted by Crippen LogP contribution is -2.11. The van der Waals surface area contributed by atoms with Gasteiger partial charge in [-0.1, -0.05) is 6.07 Å². The highest BCUT2D eigenvalue weighted by Gasteiger charge is 2.25. The van der Waals surface area contributed by atoms with Crippen molar-refractivity contribution >= 4 is 5.95 Å². The van der Waals surface area contributed by atoms with Gasteiger partial charge < -0.3 is 9.88 Å². The second kappa shape index (κ2) is 4.20. The molecule has 0 amide bonds. The minimum Gasteiger partial charge on any atom is -0.349 e. The Balaban J connectivity index is 1.76. The summed E-state index contributed by atoms with van der Waals surface area (Å²) in [6.45, 7) is 2.13. The largest absolute Gasteiger partial charge is 0.349 e. The lowest BCUT2D eigenvalue weighted by molar-refractivity contribution is 0.726. The first-order valence-corrected chi connectivity index (χ1v) is 6.04. The van der Waals surface area contributed by atoms with Gasteiger partial charge in [-0.3, -0.25) is 4.98 Å². The number of hydrogen-bond acceptors (Lipinski definition) is 3. The number of aromatic nitrogens is 3. The highest BCUT2D eigenvalue weighted by Crippen LogP contribution is 2.37. The van der Waals surface area contributed by atoms with Crippen LogP contribution in [0, 0.1) is 0 Å². The van der Waals surface area contributed by atoms with Gasteiger partial charge in [-0.05, 0) is 31.4 Å². The molecular formula is C13H16N4. The highest BCUT2D eigenvalue weighted by molar-refractivity contribution is 5.32. The maximum atomic E-state index is 4.37. The third-order valence-corrected chi connectivity index (χ3v) is 3.14. The molecule has 4 heteroatoms. The fourth-order valence-corrected chi connectivity index (χ4v) is 1.98. The monoisotopic (exact) mass is 228 g/mol. The summed E-state index contributed by atoms with van der Waals surface area (Å²) in [6.07, 6.45) is 10.1. The van der Waals surface area contributed by atoms with Crippen molar-refractivity contribution < 1.29 is 0 Å². The van der Waals surface area contributed by atoms with Crippen molar-refractivity contribution in [1.29, 1.82) is 0 Å². The van der Waals surface area contributed by atoms with E-state index in [0.717, 1.165) is 5.95 Å². The Morgan fingerprint density at radius 1 is 1.41 bits per heavy atom. The third-order valence-electron chi connectivity index (χ3n) is 3.14. The summed E-state index contributed by atoms with van der Waals surface area (Å²) < 4.78 is 2.23. The van der Waals surface area contributed by atoms with Crippen LogP contribution in [0.2, 0.25) is 0 Å². The number of imidazole rings is 1. The lowest BCUT2D eigenvalue weighted by atomic mass is 10.1. The minimum atomic E-state index is 0.226. The fourth-order valence-electron chi connectivity index (χ4n) is 1.98. The molecule has 2 aromatic rings. The van der Waals surface area contributed by atoms with Crippen molar-refractivity contribution in [3.63, 3.8) is 0 Å². The second-order valence-electron chi connectivity index (χ2n) is 4.54. The zero-order valence-corrected chi connectivity index (χ0v) is 9.87. The van der Waals surface area contributed by atoms with Crippen LogP contribution in [0.25, 0.3) is 0 Å². The first-order valence-electron chi connectivity index (χ1n) is 6.04. The lowest BCUT2D eigenvalue weighted by Gasteiger charge is -2.15. The molecule has 1 atom stereocenters. The van der Waals surface area contributed by atoms with Gasteiger partial charge in [0.1, 0.15) is 0 Å². The minimum absolute atomic E-state index is 0.226. The van der Waals surface area contributed by atoms with Crippen LogP contribution in [0.4, 0.5) is 5.95 Å². The van der Waals surface area contributed by atoms with Crippen LogP contribution in [0.1, 0.15) is 37.4 Å². The molecule has 17 heavy (non-hydrogen) atoms. The van der Waals surface area contributed by atoms with Crippen molar-refractivity contribution in [3.8, 4) is 0 Å². The Morgan fingerprint density at radius 2 is 2.29 bits per heavy atom. The molecule has 1 unspecified atom stereocenters. The average Bonchev–Trinajstić information content (AvgIpc) is 3.11. The van der Waals surface area contributed by atoms with E-state index in [0.29, 0.717) is 6.04 Å². The maximum absolute atomic E-state index is 4.37. The van der Waals surface area contributed by atoms with Crippen LogP contribution in [-0.2, 0) is 0 Å². The topological polar surface area (TPSA) is 42.7 Å². The Bertz CT molecular complexity index is 487. The van der Waals surface area contributed by atoms with Gasteiger partial charge in [0.15, 0.2) is 0 Å². The van der Waals surface area contributed by atoms with Crippen LogP contribution >= 0.6 is 0 Å². The maximum Gasteiger partial charge on any atom is 0.203 e. The van der Waals surface area contributed by atoms with Gasteiger partial charge >= 0.3 is 0 Å². The van der Waals surface area contributed by atoms with E-state index in [9.17, 15) is 0 Å². The van der Waals surface area contributed by atoms with Gasteiger partial charge in [0.05, 0.1) is 6.04 Å². The van der Waals surface area contributed by atoms with Crippen molar-refractivity contribution in [2.75, 3.05) is 5.32 Å². The van der Waals surface area contributed by atoms with E-state index in [1.807, 2.05) is 18.5 Å². The van der Waals surface area contributed by atoms with Gasteiger partial charge in [-0.2, -0.15) is 0 Å².